The molecule has 1 aromatic rings. The summed E-state index contributed by atoms with van der Waals surface area (Å²) in [6.07, 6.45) is 1.84. The van der Waals surface area contributed by atoms with Gasteiger partial charge in [-0.05, 0) is 32.9 Å². The first-order chi connectivity index (χ1) is 10.5. The molecule has 0 atom stereocenters. The fourth-order valence-corrected chi connectivity index (χ4v) is 2.31. The summed E-state index contributed by atoms with van der Waals surface area (Å²) in [6.45, 7) is 6.42. The summed E-state index contributed by atoms with van der Waals surface area (Å²) in [5, 5.41) is 2.80. The second-order valence-electron chi connectivity index (χ2n) is 5.54. The van der Waals surface area contributed by atoms with Gasteiger partial charge in [0.2, 0.25) is 5.91 Å². The van der Waals surface area contributed by atoms with Gasteiger partial charge in [-0.15, -0.1) is 0 Å². The van der Waals surface area contributed by atoms with Gasteiger partial charge in [0, 0.05) is 18.2 Å². The van der Waals surface area contributed by atoms with E-state index in [9.17, 15) is 9.59 Å². The number of hydrogen-bond donors (Lipinski definition) is 1. The lowest BCUT2D eigenvalue weighted by Gasteiger charge is -2.24. The Labute approximate surface area is 130 Å². The summed E-state index contributed by atoms with van der Waals surface area (Å²) in [7, 11) is 0. The molecule has 0 aromatic heterocycles. The van der Waals surface area contributed by atoms with E-state index in [-0.39, 0.29) is 31.0 Å². The number of benzene rings is 1. The van der Waals surface area contributed by atoms with Crippen LogP contribution in [-0.4, -0.2) is 42.5 Å². The van der Waals surface area contributed by atoms with E-state index in [1.165, 1.54) is 4.90 Å². The smallest absolute Gasteiger partial charge is 0.253 e. The SMILES string of the molecule is CCN(CC(=O)NC(C)C)C(=O)C1=Cc2ccccc2OC1. The number of rotatable bonds is 5. The fraction of sp³-hybridized carbons (Fsp3) is 0.412. The summed E-state index contributed by atoms with van der Waals surface area (Å²) in [6, 6.07) is 7.64. The van der Waals surface area contributed by atoms with Crippen molar-refractivity contribution in [3.05, 3.63) is 35.4 Å². The first kappa shape index (κ1) is 16.1. The predicted octanol–water partition coefficient (Wildman–Crippen LogP) is 1.84. The molecule has 2 amide bonds. The first-order valence-corrected chi connectivity index (χ1v) is 7.52. The number of likely N-dealkylation sites (N-methyl/N-ethyl adjacent to an activating group) is 1. The molecule has 118 valence electrons. The van der Waals surface area contributed by atoms with Gasteiger partial charge in [0.1, 0.15) is 12.4 Å². The van der Waals surface area contributed by atoms with Crippen molar-refractivity contribution in [2.75, 3.05) is 19.7 Å². The van der Waals surface area contributed by atoms with E-state index >= 15 is 0 Å². The predicted molar refractivity (Wildman–Crippen MR) is 85.4 cm³/mol. The highest BCUT2D eigenvalue weighted by atomic mass is 16.5. The monoisotopic (exact) mass is 302 g/mol. The molecule has 5 heteroatoms. The Kier molecular flexibility index (Phi) is 5.20. The van der Waals surface area contributed by atoms with Gasteiger partial charge in [-0.3, -0.25) is 9.59 Å². The van der Waals surface area contributed by atoms with Gasteiger partial charge in [-0.2, -0.15) is 0 Å². The average molecular weight is 302 g/mol. The van der Waals surface area contributed by atoms with E-state index in [1.807, 2.05) is 51.1 Å². The minimum Gasteiger partial charge on any atom is -0.488 e. The second kappa shape index (κ2) is 7.11. The molecule has 0 fully saturated rings. The van der Waals surface area contributed by atoms with E-state index in [4.69, 9.17) is 4.74 Å². The Morgan fingerprint density at radius 1 is 1.32 bits per heavy atom. The lowest BCUT2D eigenvalue weighted by Crippen LogP contribution is -2.43. The molecule has 0 spiro atoms. The van der Waals surface area contributed by atoms with Crippen LogP contribution in [0.3, 0.4) is 0 Å². The molecule has 5 nitrogen and oxygen atoms in total. The van der Waals surface area contributed by atoms with E-state index < -0.39 is 0 Å². The highest BCUT2D eigenvalue weighted by molar-refractivity contribution is 6.00. The van der Waals surface area contributed by atoms with Gasteiger partial charge in [-0.25, -0.2) is 0 Å². The van der Waals surface area contributed by atoms with Gasteiger partial charge >= 0.3 is 0 Å². The van der Waals surface area contributed by atoms with Crippen molar-refractivity contribution < 1.29 is 14.3 Å². The number of hydrogen-bond acceptors (Lipinski definition) is 3. The lowest BCUT2D eigenvalue weighted by atomic mass is 10.1. The van der Waals surface area contributed by atoms with Gasteiger partial charge in [0.05, 0.1) is 12.1 Å². The maximum absolute atomic E-state index is 12.6. The molecule has 0 saturated carbocycles. The van der Waals surface area contributed by atoms with Crippen LogP contribution in [0.25, 0.3) is 6.08 Å². The van der Waals surface area contributed by atoms with Crippen LogP contribution in [0.4, 0.5) is 0 Å². The Morgan fingerprint density at radius 2 is 2.05 bits per heavy atom. The summed E-state index contributed by atoms with van der Waals surface area (Å²) < 4.78 is 5.61. The molecule has 0 radical (unpaired) electrons. The quantitative estimate of drug-likeness (QED) is 0.903. The van der Waals surface area contributed by atoms with Crippen LogP contribution < -0.4 is 10.1 Å². The van der Waals surface area contributed by atoms with E-state index in [0.717, 1.165) is 11.3 Å². The van der Waals surface area contributed by atoms with Crippen LogP contribution in [-0.2, 0) is 9.59 Å². The third-order valence-corrected chi connectivity index (χ3v) is 3.36. The largest absolute Gasteiger partial charge is 0.488 e. The number of amides is 2. The minimum atomic E-state index is -0.157. The van der Waals surface area contributed by atoms with Crippen LogP contribution in [0.1, 0.15) is 26.3 Å². The zero-order valence-corrected chi connectivity index (χ0v) is 13.3. The van der Waals surface area contributed by atoms with Crippen LogP contribution in [0.15, 0.2) is 29.8 Å². The molecule has 22 heavy (non-hydrogen) atoms. The normalized spacial score (nSPS) is 13.0. The molecule has 0 unspecified atom stereocenters. The highest BCUT2D eigenvalue weighted by Crippen LogP contribution is 2.26. The van der Waals surface area contributed by atoms with Crippen molar-refractivity contribution in [3.8, 4) is 5.75 Å². The molecule has 0 aliphatic carbocycles. The molecule has 1 aliphatic heterocycles. The van der Waals surface area contributed by atoms with Gasteiger partial charge in [0.15, 0.2) is 0 Å². The average Bonchev–Trinajstić information content (AvgIpc) is 2.50. The molecule has 1 N–H and O–H groups in total. The minimum absolute atomic E-state index is 0.0606. The Morgan fingerprint density at radius 3 is 2.73 bits per heavy atom. The molecule has 2 rings (SSSR count). The number of nitrogens with one attached hydrogen (secondary N) is 1. The number of fused-ring (bicyclic) bond motifs is 1. The number of carbonyl (C=O) groups is 2. The Balaban J connectivity index is 2.09. The summed E-state index contributed by atoms with van der Waals surface area (Å²) in [5.41, 5.74) is 1.46. The topological polar surface area (TPSA) is 58.6 Å². The number of para-hydroxylation sites is 1. The zero-order chi connectivity index (χ0) is 16.1. The van der Waals surface area contributed by atoms with E-state index in [1.54, 1.807) is 0 Å². The maximum atomic E-state index is 12.6. The maximum Gasteiger partial charge on any atom is 0.253 e. The first-order valence-electron chi connectivity index (χ1n) is 7.52. The number of nitrogens with zero attached hydrogens (tertiary/aromatic N) is 1. The Bertz CT molecular complexity index is 593. The van der Waals surface area contributed by atoms with Crippen molar-refractivity contribution in [1.82, 2.24) is 10.2 Å². The molecule has 0 saturated heterocycles. The third kappa shape index (κ3) is 3.87. The van der Waals surface area contributed by atoms with Crippen molar-refractivity contribution in [2.45, 2.75) is 26.8 Å². The fourth-order valence-electron chi connectivity index (χ4n) is 2.31. The molecular formula is C17H22N2O3. The van der Waals surface area contributed by atoms with Crippen molar-refractivity contribution >= 4 is 17.9 Å². The van der Waals surface area contributed by atoms with Gasteiger partial charge in [-0.1, -0.05) is 18.2 Å². The van der Waals surface area contributed by atoms with Crippen molar-refractivity contribution in [2.24, 2.45) is 0 Å². The van der Waals surface area contributed by atoms with Gasteiger partial charge in [0.25, 0.3) is 5.91 Å². The highest BCUT2D eigenvalue weighted by Gasteiger charge is 2.23. The van der Waals surface area contributed by atoms with Gasteiger partial charge < -0.3 is 15.0 Å². The van der Waals surface area contributed by atoms with Crippen LogP contribution in [0, 0.1) is 0 Å². The van der Waals surface area contributed by atoms with Crippen LogP contribution >= 0.6 is 0 Å². The lowest BCUT2D eigenvalue weighted by molar-refractivity contribution is -0.133. The molecule has 1 aliphatic rings. The third-order valence-electron chi connectivity index (χ3n) is 3.36. The summed E-state index contributed by atoms with van der Waals surface area (Å²) in [5.74, 6) is 0.471. The Hall–Kier alpha value is -2.30. The summed E-state index contributed by atoms with van der Waals surface area (Å²) in [4.78, 5) is 25.9. The molecule has 1 aromatic carbocycles. The number of carbonyl (C=O) groups excluding carboxylic acids is 2. The molecule has 0 bridgehead atoms. The van der Waals surface area contributed by atoms with Crippen LogP contribution in [0.5, 0.6) is 5.75 Å². The zero-order valence-electron chi connectivity index (χ0n) is 13.3. The van der Waals surface area contributed by atoms with Crippen LogP contribution in [0.2, 0.25) is 0 Å². The molecular weight excluding hydrogens is 280 g/mol. The van der Waals surface area contributed by atoms with Crippen molar-refractivity contribution in [3.63, 3.8) is 0 Å². The van der Waals surface area contributed by atoms with E-state index in [0.29, 0.717) is 12.1 Å². The second-order valence-corrected chi connectivity index (χ2v) is 5.54. The number of ether oxygens (including phenoxy) is 1. The molecule has 1 heterocycles. The summed E-state index contributed by atoms with van der Waals surface area (Å²) >= 11 is 0. The van der Waals surface area contributed by atoms with Crippen molar-refractivity contribution in [1.29, 1.82) is 0 Å². The van der Waals surface area contributed by atoms with E-state index in [2.05, 4.69) is 5.32 Å². The standard InChI is InChI=1S/C17H22N2O3/c1-4-19(10-16(20)18-12(2)3)17(21)14-9-13-7-5-6-8-15(13)22-11-14/h5-9,12H,4,10-11H2,1-3H3,(H,18,20).